The van der Waals surface area contributed by atoms with Crippen LogP contribution in [0.5, 0.6) is 0 Å². The standard InChI is InChI=1S/C13H16FNO3/c1-13(2,9-4-3-5-10(14)8-9)12(18)15-7-6-11(16)17/h3-5,8H,6-7H2,1-2H3,(H,15,18)(H,16,17). The molecule has 0 atom stereocenters. The van der Waals surface area contributed by atoms with E-state index in [9.17, 15) is 14.0 Å². The highest BCUT2D eigenvalue weighted by Gasteiger charge is 2.29. The third-order valence-corrected chi connectivity index (χ3v) is 2.74. The lowest BCUT2D eigenvalue weighted by molar-refractivity contribution is -0.137. The summed E-state index contributed by atoms with van der Waals surface area (Å²) < 4.78 is 13.1. The van der Waals surface area contributed by atoms with Crippen molar-refractivity contribution in [2.75, 3.05) is 6.54 Å². The van der Waals surface area contributed by atoms with Crippen molar-refractivity contribution in [1.82, 2.24) is 5.32 Å². The van der Waals surface area contributed by atoms with Crippen LogP contribution in [-0.4, -0.2) is 23.5 Å². The van der Waals surface area contributed by atoms with E-state index >= 15 is 0 Å². The highest BCUT2D eigenvalue weighted by Crippen LogP contribution is 2.23. The second-order valence-electron chi connectivity index (χ2n) is 4.53. The van der Waals surface area contributed by atoms with E-state index in [1.165, 1.54) is 18.2 Å². The number of rotatable bonds is 5. The van der Waals surface area contributed by atoms with Crippen molar-refractivity contribution in [3.8, 4) is 0 Å². The highest BCUT2D eigenvalue weighted by atomic mass is 19.1. The summed E-state index contributed by atoms with van der Waals surface area (Å²) in [7, 11) is 0. The summed E-state index contributed by atoms with van der Waals surface area (Å²) in [5, 5.41) is 11.0. The number of amides is 1. The molecule has 2 N–H and O–H groups in total. The van der Waals surface area contributed by atoms with E-state index in [4.69, 9.17) is 5.11 Å². The van der Waals surface area contributed by atoms with Crippen LogP contribution in [0.1, 0.15) is 25.8 Å². The molecular formula is C13H16FNO3. The summed E-state index contributed by atoms with van der Waals surface area (Å²) in [6.07, 6.45) is -0.134. The van der Waals surface area contributed by atoms with E-state index in [0.717, 1.165) is 0 Å². The maximum absolute atomic E-state index is 13.1. The van der Waals surface area contributed by atoms with Gasteiger partial charge in [-0.25, -0.2) is 4.39 Å². The minimum Gasteiger partial charge on any atom is -0.481 e. The number of nitrogens with one attached hydrogen (secondary N) is 1. The fourth-order valence-electron chi connectivity index (χ4n) is 1.51. The molecule has 0 aliphatic rings. The van der Waals surface area contributed by atoms with E-state index in [1.54, 1.807) is 19.9 Å². The van der Waals surface area contributed by atoms with Crippen molar-refractivity contribution in [2.45, 2.75) is 25.7 Å². The van der Waals surface area contributed by atoms with Crippen molar-refractivity contribution < 1.29 is 19.1 Å². The van der Waals surface area contributed by atoms with Gasteiger partial charge in [0.15, 0.2) is 0 Å². The molecule has 0 saturated carbocycles. The lowest BCUT2D eigenvalue weighted by atomic mass is 9.83. The van der Waals surface area contributed by atoms with Crippen molar-refractivity contribution in [3.63, 3.8) is 0 Å². The first-order valence-electron chi connectivity index (χ1n) is 5.60. The van der Waals surface area contributed by atoms with E-state index in [1.807, 2.05) is 0 Å². The fourth-order valence-corrected chi connectivity index (χ4v) is 1.51. The average molecular weight is 253 g/mol. The number of halogens is 1. The van der Waals surface area contributed by atoms with Gasteiger partial charge in [0.1, 0.15) is 5.82 Å². The molecule has 0 fully saturated rings. The van der Waals surface area contributed by atoms with E-state index in [0.29, 0.717) is 5.56 Å². The Bertz CT molecular complexity index is 457. The van der Waals surface area contributed by atoms with Gasteiger partial charge in [-0.15, -0.1) is 0 Å². The summed E-state index contributed by atoms with van der Waals surface area (Å²) >= 11 is 0. The van der Waals surface area contributed by atoms with Crippen LogP contribution < -0.4 is 5.32 Å². The molecule has 98 valence electrons. The number of benzene rings is 1. The van der Waals surface area contributed by atoms with Crippen molar-refractivity contribution >= 4 is 11.9 Å². The van der Waals surface area contributed by atoms with Crippen LogP contribution in [0.25, 0.3) is 0 Å². The zero-order valence-corrected chi connectivity index (χ0v) is 10.4. The van der Waals surface area contributed by atoms with Gasteiger partial charge in [0.2, 0.25) is 5.91 Å². The van der Waals surface area contributed by atoms with Crippen LogP contribution in [0, 0.1) is 5.82 Å². The first-order valence-corrected chi connectivity index (χ1v) is 5.60. The maximum Gasteiger partial charge on any atom is 0.305 e. The molecule has 4 nitrogen and oxygen atoms in total. The SMILES string of the molecule is CC(C)(C(=O)NCCC(=O)O)c1cccc(F)c1. The summed E-state index contributed by atoms with van der Waals surface area (Å²) in [6.45, 7) is 3.39. The predicted octanol–water partition coefficient (Wildman–Crippen LogP) is 1.69. The molecule has 0 spiro atoms. The topological polar surface area (TPSA) is 66.4 Å². The average Bonchev–Trinajstić information content (AvgIpc) is 2.28. The Balaban J connectivity index is 2.73. The second kappa shape index (κ2) is 5.62. The molecule has 18 heavy (non-hydrogen) atoms. The zero-order valence-electron chi connectivity index (χ0n) is 10.4. The van der Waals surface area contributed by atoms with Gasteiger partial charge in [0.25, 0.3) is 0 Å². The van der Waals surface area contributed by atoms with Gasteiger partial charge in [0.05, 0.1) is 11.8 Å². The maximum atomic E-state index is 13.1. The van der Waals surface area contributed by atoms with Gasteiger partial charge in [0, 0.05) is 6.54 Å². The van der Waals surface area contributed by atoms with E-state index in [-0.39, 0.29) is 18.9 Å². The third kappa shape index (κ3) is 3.55. The minimum atomic E-state index is -0.973. The quantitative estimate of drug-likeness (QED) is 0.839. The van der Waals surface area contributed by atoms with Crippen LogP contribution in [0.3, 0.4) is 0 Å². The van der Waals surface area contributed by atoms with Crippen LogP contribution in [0.15, 0.2) is 24.3 Å². The summed E-state index contributed by atoms with van der Waals surface area (Å²) in [5.74, 6) is -1.70. The highest BCUT2D eigenvalue weighted by molar-refractivity contribution is 5.87. The van der Waals surface area contributed by atoms with Crippen LogP contribution in [0.2, 0.25) is 0 Å². The van der Waals surface area contributed by atoms with Gasteiger partial charge in [-0.05, 0) is 31.5 Å². The Morgan fingerprint density at radius 3 is 2.61 bits per heavy atom. The number of carboxylic acids is 1. The number of aliphatic carboxylic acids is 1. The second-order valence-corrected chi connectivity index (χ2v) is 4.53. The molecule has 0 aliphatic heterocycles. The summed E-state index contributed by atoms with van der Waals surface area (Å²) in [4.78, 5) is 22.3. The van der Waals surface area contributed by atoms with Crippen molar-refractivity contribution in [3.05, 3.63) is 35.6 Å². The fraction of sp³-hybridized carbons (Fsp3) is 0.385. The molecule has 0 saturated heterocycles. The molecule has 0 radical (unpaired) electrons. The monoisotopic (exact) mass is 253 g/mol. The minimum absolute atomic E-state index is 0.0624. The Morgan fingerprint density at radius 2 is 2.06 bits per heavy atom. The largest absolute Gasteiger partial charge is 0.481 e. The third-order valence-electron chi connectivity index (χ3n) is 2.74. The zero-order chi connectivity index (χ0) is 13.8. The van der Waals surface area contributed by atoms with Gasteiger partial charge in [-0.3, -0.25) is 9.59 Å². The van der Waals surface area contributed by atoms with Crippen LogP contribution in [-0.2, 0) is 15.0 Å². The van der Waals surface area contributed by atoms with Crippen LogP contribution in [0.4, 0.5) is 4.39 Å². The smallest absolute Gasteiger partial charge is 0.305 e. The number of carboxylic acid groups (broad SMARTS) is 1. The lowest BCUT2D eigenvalue weighted by Crippen LogP contribution is -2.40. The molecule has 5 heteroatoms. The first kappa shape index (κ1) is 14.2. The van der Waals surface area contributed by atoms with Gasteiger partial charge in [-0.1, -0.05) is 12.1 Å². The number of hydrogen-bond acceptors (Lipinski definition) is 2. The Kier molecular flexibility index (Phi) is 4.42. The van der Waals surface area contributed by atoms with Crippen LogP contribution >= 0.6 is 0 Å². The van der Waals surface area contributed by atoms with E-state index < -0.39 is 17.2 Å². The van der Waals surface area contributed by atoms with Gasteiger partial charge >= 0.3 is 5.97 Å². The molecule has 0 aliphatic carbocycles. The van der Waals surface area contributed by atoms with Gasteiger partial charge in [-0.2, -0.15) is 0 Å². The molecule has 1 aromatic carbocycles. The first-order chi connectivity index (χ1) is 8.34. The Labute approximate surface area is 105 Å². The molecule has 0 unspecified atom stereocenters. The molecular weight excluding hydrogens is 237 g/mol. The molecule has 1 aromatic rings. The summed E-state index contributed by atoms with van der Waals surface area (Å²) in [5.41, 5.74) is -0.351. The molecule has 0 aromatic heterocycles. The predicted molar refractivity (Wildman–Crippen MR) is 64.7 cm³/mol. The molecule has 1 rings (SSSR count). The molecule has 0 bridgehead atoms. The lowest BCUT2D eigenvalue weighted by Gasteiger charge is -2.24. The molecule has 0 heterocycles. The normalized spacial score (nSPS) is 11.1. The summed E-state index contributed by atoms with van der Waals surface area (Å²) in [6, 6.07) is 5.81. The van der Waals surface area contributed by atoms with Crippen molar-refractivity contribution in [1.29, 1.82) is 0 Å². The van der Waals surface area contributed by atoms with Gasteiger partial charge < -0.3 is 10.4 Å². The Hall–Kier alpha value is -1.91. The number of carbonyl (C=O) groups is 2. The Morgan fingerprint density at radius 1 is 1.39 bits per heavy atom. The number of carbonyl (C=O) groups excluding carboxylic acids is 1. The molecule has 1 amide bonds. The van der Waals surface area contributed by atoms with E-state index in [2.05, 4.69) is 5.32 Å². The van der Waals surface area contributed by atoms with Crippen molar-refractivity contribution in [2.24, 2.45) is 0 Å². The number of hydrogen-bond donors (Lipinski definition) is 2.